The standard InChI is InChI=1S/C50H50B2F2N2O4.C12H10/c1-46(2)47(3,4)58-51(57-46)35-17-23-37(24-18-35)55(9)40-27-29-44-42(31-40)43-32-41(28-30-45(43)50(44,53)54)56(38-21-15-34(16-22-38)33-13-11-10-12-14-33)39-25-19-36(20-26-39)52-59-48(5,6)49(7,8)60-52;1-3-7-11(8-4-1)12-9-5-2-6-10-12/h10-32H,1-9H3;1-10H. The van der Waals surface area contributed by atoms with E-state index in [1.807, 2.05) is 158 Å². The summed E-state index contributed by atoms with van der Waals surface area (Å²) in [6, 6.07) is 65.9. The van der Waals surface area contributed by atoms with Gasteiger partial charge in [0.15, 0.2) is 0 Å². The maximum atomic E-state index is 16.3. The quantitative estimate of drug-likeness (QED) is 0.134. The zero-order chi connectivity index (χ0) is 50.6. The van der Waals surface area contributed by atoms with Crippen molar-refractivity contribution in [1.29, 1.82) is 0 Å². The Morgan fingerprint density at radius 1 is 0.347 bits per heavy atom. The van der Waals surface area contributed by atoms with Gasteiger partial charge < -0.3 is 28.4 Å². The van der Waals surface area contributed by atoms with Gasteiger partial charge in [0.1, 0.15) is 0 Å². The molecule has 0 aromatic heterocycles. The highest BCUT2D eigenvalue weighted by Gasteiger charge is 2.53. The molecule has 0 unspecified atom stereocenters. The highest BCUT2D eigenvalue weighted by molar-refractivity contribution is 6.62. The Hall–Kier alpha value is -6.81. The summed E-state index contributed by atoms with van der Waals surface area (Å²) >= 11 is 0. The molecule has 10 heteroatoms. The van der Waals surface area contributed by atoms with Crippen molar-refractivity contribution < 1.29 is 27.4 Å². The van der Waals surface area contributed by atoms with Gasteiger partial charge >= 0.3 is 14.2 Å². The first kappa shape index (κ1) is 48.8. The van der Waals surface area contributed by atoms with Gasteiger partial charge in [-0.3, -0.25) is 0 Å². The van der Waals surface area contributed by atoms with E-state index >= 15 is 8.78 Å². The monoisotopic (exact) mass is 956 g/mol. The topological polar surface area (TPSA) is 43.4 Å². The van der Waals surface area contributed by atoms with Crippen molar-refractivity contribution in [2.24, 2.45) is 0 Å². The molecule has 72 heavy (non-hydrogen) atoms. The molecule has 1 aliphatic carbocycles. The minimum Gasteiger partial charge on any atom is -0.399 e. The highest BCUT2D eigenvalue weighted by atomic mass is 19.3. The fraction of sp³-hybridized carbons (Fsp3) is 0.226. The molecule has 0 N–H and O–H groups in total. The Kier molecular flexibility index (Phi) is 12.6. The lowest BCUT2D eigenvalue weighted by Gasteiger charge is -2.32. The molecular formula is C62H60B2F2N2O4. The van der Waals surface area contributed by atoms with Crippen molar-refractivity contribution in [1.82, 2.24) is 0 Å². The molecule has 2 heterocycles. The van der Waals surface area contributed by atoms with Gasteiger partial charge in [0.25, 0.3) is 5.92 Å². The molecule has 0 radical (unpaired) electrons. The number of alkyl halides is 2. The minimum atomic E-state index is -3.16. The highest BCUT2D eigenvalue weighted by Crippen LogP contribution is 2.54. The van der Waals surface area contributed by atoms with E-state index in [0.29, 0.717) is 11.1 Å². The molecule has 2 saturated heterocycles. The van der Waals surface area contributed by atoms with Crippen LogP contribution in [0.3, 0.4) is 0 Å². The number of anilines is 5. The predicted molar refractivity (Wildman–Crippen MR) is 293 cm³/mol. The first-order valence-corrected chi connectivity index (χ1v) is 24.7. The second-order valence-electron chi connectivity index (χ2n) is 20.9. The van der Waals surface area contributed by atoms with Gasteiger partial charge in [-0.1, -0.05) is 127 Å². The van der Waals surface area contributed by atoms with Gasteiger partial charge in [-0.15, -0.1) is 0 Å². The zero-order valence-corrected chi connectivity index (χ0v) is 42.5. The Morgan fingerprint density at radius 2 is 0.653 bits per heavy atom. The number of fused-ring (bicyclic) bond motifs is 3. The minimum absolute atomic E-state index is 0.00608. The molecule has 0 atom stereocenters. The van der Waals surface area contributed by atoms with Gasteiger partial charge in [-0.05, 0) is 172 Å². The van der Waals surface area contributed by atoms with Crippen LogP contribution in [0, 0.1) is 0 Å². The number of hydrogen-bond donors (Lipinski definition) is 0. The van der Waals surface area contributed by atoms with Crippen molar-refractivity contribution in [3.8, 4) is 33.4 Å². The molecule has 6 nitrogen and oxygen atoms in total. The van der Waals surface area contributed by atoms with Crippen molar-refractivity contribution in [2.75, 3.05) is 16.8 Å². The molecule has 3 aliphatic rings. The van der Waals surface area contributed by atoms with Gasteiger partial charge in [-0.2, -0.15) is 8.78 Å². The largest absolute Gasteiger partial charge is 0.494 e. The van der Waals surface area contributed by atoms with Crippen LogP contribution in [0.1, 0.15) is 66.5 Å². The normalized spacial score (nSPS) is 17.4. The lowest BCUT2D eigenvalue weighted by atomic mass is 9.79. The van der Waals surface area contributed by atoms with Crippen molar-refractivity contribution in [2.45, 2.75) is 83.7 Å². The Morgan fingerprint density at radius 3 is 1.04 bits per heavy atom. The second-order valence-corrected chi connectivity index (χ2v) is 20.9. The van der Waals surface area contributed by atoms with Crippen LogP contribution in [0.25, 0.3) is 33.4 Å². The van der Waals surface area contributed by atoms with E-state index in [1.165, 1.54) is 11.1 Å². The van der Waals surface area contributed by atoms with E-state index in [9.17, 15) is 0 Å². The Bertz CT molecular complexity index is 3120. The van der Waals surface area contributed by atoms with Crippen LogP contribution in [0.15, 0.2) is 200 Å². The second kappa shape index (κ2) is 18.7. The van der Waals surface area contributed by atoms with Crippen molar-refractivity contribution >= 4 is 53.6 Å². The fourth-order valence-corrected chi connectivity index (χ4v) is 9.44. The van der Waals surface area contributed by atoms with E-state index in [4.69, 9.17) is 18.6 Å². The molecule has 0 spiro atoms. The number of hydrogen-bond acceptors (Lipinski definition) is 6. The lowest BCUT2D eigenvalue weighted by molar-refractivity contribution is 0.00578. The summed E-state index contributed by atoms with van der Waals surface area (Å²) in [5.74, 6) is -3.16. The predicted octanol–water partition coefficient (Wildman–Crippen LogP) is 14.7. The van der Waals surface area contributed by atoms with Crippen molar-refractivity contribution in [3.63, 3.8) is 0 Å². The Balaban J connectivity index is 0.000000433. The zero-order valence-electron chi connectivity index (χ0n) is 42.5. The third-order valence-corrected chi connectivity index (χ3v) is 15.2. The average molecular weight is 957 g/mol. The van der Waals surface area contributed by atoms with Crippen LogP contribution >= 0.6 is 0 Å². The van der Waals surface area contributed by atoms with E-state index in [-0.39, 0.29) is 11.1 Å². The molecule has 362 valence electrons. The number of nitrogens with zero attached hydrogens (tertiary/aromatic N) is 2. The van der Waals surface area contributed by atoms with Crippen LogP contribution in [0.2, 0.25) is 0 Å². The van der Waals surface area contributed by atoms with Gasteiger partial charge in [0.05, 0.1) is 22.4 Å². The summed E-state index contributed by atoms with van der Waals surface area (Å²) in [7, 11) is 0.961. The van der Waals surface area contributed by atoms with Crippen LogP contribution < -0.4 is 20.7 Å². The molecule has 2 fully saturated rings. The molecule has 2 aliphatic heterocycles. The lowest BCUT2D eigenvalue weighted by Crippen LogP contribution is -2.41. The molecule has 0 amide bonds. The van der Waals surface area contributed by atoms with Gasteiger partial charge in [0, 0.05) is 46.6 Å². The molecule has 8 aromatic carbocycles. The van der Waals surface area contributed by atoms with Crippen LogP contribution in [0.5, 0.6) is 0 Å². The third-order valence-electron chi connectivity index (χ3n) is 15.2. The SMILES string of the molecule is CN(c1ccc(B2OC(C)(C)C(C)(C)O2)cc1)c1ccc2c(c1)-c1cc(N(c3ccc(B4OC(C)(C)C(C)(C)O4)cc3)c3ccc(-c4ccccc4)cc3)ccc1C2(F)F.c1ccc(-c2ccccc2)cc1. The average Bonchev–Trinajstić information content (AvgIpc) is 3.86. The molecule has 11 rings (SSSR count). The molecular weight excluding hydrogens is 896 g/mol. The maximum Gasteiger partial charge on any atom is 0.494 e. The van der Waals surface area contributed by atoms with Crippen LogP contribution in [0.4, 0.5) is 37.2 Å². The third kappa shape index (κ3) is 9.18. The number of halogens is 2. The van der Waals surface area contributed by atoms with E-state index in [1.54, 1.807) is 24.3 Å². The van der Waals surface area contributed by atoms with Gasteiger partial charge in [0.2, 0.25) is 0 Å². The van der Waals surface area contributed by atoms with Gasteiger partial charge in [-0.25, -0.2) is 0 Å². The molecule has 0 saturated carbocycles. The summed E-state index contributed by atoms with van der Waals surface area (Å²) in [4.78, 5) is 4.12. The van der Waals surface area contributed by atoms with Crippen LogP contribution in [-0.2, 0) is 24.5 Å². The summed E-state index contributed by atoms with van der Waals surface area (Å²) in [6.07, 6.45) is 0. The summed E-state index contributed by atoms with van der Waals surface area (Å²) < 4.78 is 57.8. The maximum absolute atomic E-state index is 16.3. The summed E-state index contributed by atoms with van der Waals surface area (Å²) in [5, 5.41) is 0. The van der Waals surface area contributed by atoms with Crippen LogP contribution in [-0.4, -0.2) is 43.7 Å². The van der Waals surface area contributed by atoms with E-state index < -0.39 is 42.6 Å². The van der Waals surface area contributed by atoms with E-state index in [2.05, 4.69) is 89.8 Å². The molecule has 8 aromatic rings. The number of benzene rings is 8. The fourth-order valence-electron chi connectivity index (χ4n) is 9.44. The molecule has 0 bridgehead atoms. The smallest absolute Gasteiger partial charge is 0.399 e. The first-order valence-electron chi connectivity index (χ1n) is 24.7. The summed E-state index contributed by atoms with van der Waals surface area (Å²) in [5.41, 5.74) is 9.92. The van der Waals surface area contributed by atoms with Crippen molar-refractivity contribution in [3.05, 3.63) is 211 Å². The van der Waals surface area contributed by atoms with E-state index in [0.717, 1.165) is 50.5 Å². The Labute approximate surface area is 424 Å². The summed E-state index contributed by atoms with van der Waals surface area (Å²) in [6.45, 7) is 16.3. The number of rotatable bonds is 9. The first-order chi connectivity index (χ1) is 34.3.